The molecule has 0 unspecified atom stereocenters. The molecule has 3 N–H and O–H groups in total. The Bertz CT molecular complexity index is 975. The molecule has 0 saturated heterocycles. The SMILES string of the molecule is FC(F)(F)[C@H]1COc2c(NCCc3c[nH]c4ccccc34)nc(Cl)nc2N1. The summed E-state index contributed by atoms with van der Waals surface area (Å²) in [6, 6.07) is 6.09. The number of benzene rings is 1. The highest BCUT2D eigenvalue weighted by Crippen LogP contribution is 2.37. The second kappa shape index (κ2) is 6.80. The van der Waals surface area contributed by atoms with E-state index in [0.29, 0.717) is 13.0 Å². The van der Waals surface area contributed by atoms with Gasteiger partial charge in [-0.3, -0.25) is 0 Å². The molecule has 0 bridgehead atoms. The largest absolute Gasteiger partial charge is 0.484 e. The van der Waals surface area contributed by atoms with Gasteiger partial charge in [0.2, 0.25) is 11.0 Å². The number of anilines is 2. The van der Waals surface area contributed by atoms with Crippen LogP contribution in [0, 0.1) is 0 Å². The van der Waals surface area contributed by atoms with E-state index in [-0.39, 0.29) is 22.7 Å². The van der Waals surface area contributed by atoms with Crippen molar-refractivity contribution in [1.29, 1.82) is 0 Å². The van der Waals surface area contributed by atoms with Crippen molar-refractivity contribution in [3.8, 4) is 5.75 Å². The number of fused-ring (bicyclic) bond motifs is 2. The van der Waals surface area contributed by atoms with E-state index in [4.69, 9.17) is 16.3 Å². The standard InChI is InChI=1S/C17H15ClF3N5O/c18-16-25-14(13-15(26-16)24-12(8-27-13)17(19,20)21)22-6-5-9-7-23-11-4-2-1-3-10(9)11/h1-4,7,12,23H,5-6,8H2,(H2,22,24,25,26)/t12-/m1/s1. The van der Waals surface area contributed by atoms with Crippen LogP contribution in [0.4, 0.5) is 24.8 Å². The molecule has 1 aromatic carbocycles. The van der Waals surface area contributed by atoms with E-state index in [1.54, 1.807) is 0 Å². The Labute approximate surface area is 157 Å². The Morgan fingerprint density at radius 3 is 2.89 bits per heavy atom. The van der Waals surface area contributed by atoms with Crippen molar-refractivity contribution in [2.75, 3.05) is 23.8 Å². The van der Waals surface area contributed by atoms with Crippen LogP contribution in [0.5, 0.6) is 5.75 Å². The molecule has 6 nitrogen and oxygen atoms in total. The van der Waals surface area contributed by atoms with Crippen molar-refractivity contribution in [3.05, 3.63) is 41.3 Å². The fraction of sp³-hybridized carbons (Fsp3) is 0.294. The van der Waals surface area contributed by atoms with Gasteiger partial charge in [-0.05, 0) is 29.7 Å². The highest BCUT2D eigenvalue weighted by atomic mass is 35.5. The molecule has 3 aromatic rings. The molecular formula is C17H15ClF3N5O. The minimum atomic E-state index is -4.45. The minimum Gasteiger partial charge on any atom is -0.484 e. The first-order valence-electron chi connectivity index (χ1n) is 8.24. The molecule has 0 saturated carbocycles. The second-order valence-electron chi connectivity index (χ2n) is 6.10. The maximum absolute atomic E-state index is 12.9. The van der Waals surface area contributed by atoms with Crippen molar-refractivity contribution in [3.63, 3.8) is 0 Å². The zero-order valence-corrected chi connectivity index (χ0v) is 14.7. The summed E-state index contributed by atoms with van der Waals surface area (Å²) >= 11 is 5.86. The van der Waals surface area contributed by atoms with Crippen LogP contribution < -0.4 is 15.4 Å². The zero-order chi connectivity index (χ0) is 19.0. The van der Waals surface area contributed by atoms with Crippen LogP contribution in [0.3, 0.4) is 0 Å². The van der Waals surface area contributed by atoms with E-state index < -0.39 is 18.8 Å². The molecule has 1 aliphatic heterocycles. The van der Waals surface area contributed by atoms with Crippen molar-refractivity contribution in [1.82, 2.24) is 15.0 Å². The third kappa shape index (κ3) is 3.59. The second-order valence-corrected chi connectivity index (χ2v) is 6.44. The summed E-state index contributed by atoms with van der Waals surface area (Å²) in [7, 11) is 0. The predicted molar refractivity (Wildman–Crippen MR) is 96.5 cm³/mol. The molecule has 1 atom stereocenters. The summed E-state index contributed by atoms with van der Waals surface area (Å²) in [5.74, 6) is 0.329. The van der Waals surface area contributed by atoms with E-state index in [1.165, 1.54) is 0 Å². The number of H-pyrrole nitrogens is 1. The van der Waals surface area contributed by atoms with Gasteiger partial charge in [0.1, 0.15) is 6.61 Å². The van der Waals surface area contributed by atoms with E-state index in [1.807, 2.05) is 30.5 Å². The number of ether oxygens (including phenoxy) is 1. The number of nitrogens with one attached hydrogen (secondary N) is 3. The molecule has 3 heterocycles. The highest BCUT2D eigenvalue weighted by molar-refractivity contribution is 6.28. The lowest BCUT2D eigenvalue weighted by atomic mass is 10.1. The van der Waals surface area contributed by atoms with Crippen LogP contribution in [0.25, 0.3) is 10.9 Å². The van der Waals surface area contributed by atoms with Crippen molar-refractivity contribution in [2.45, 2.75) is 18.6 Å². The van der Waals surface area contributed by atoms with Gasteiger partial charge < -0.3 is 20.4 Å². The van der Waals surface area contributed by atoms with Crippen LogP contribution in [0.15, 0.2) is 30.5 Å². The third-order valence-electron chi connectivity index (χ3n) is 4.30. The fourth-order valence-electron chi connectivity index (χ4n) is 2.98. The van der Waals surface area contributed by atoms with Gasteiger partial charge in [0.25, 0.3) is 0 Å². The minimum absolute atomic E-state index is 0.0711. The molecule has 1 aliphatic rings. The summed E-state index contributed by atoms with van der Waals surface area (Å²) in [4.78, 5) is 11.1. The molecule has 27 heavy (non-hydrogen) atoms. The number of para-hydroxylation sites is 1. The van der Waals surface area contributed by atoms with Crippen molar-refractivity contribution in [2.24, 2.45) is 0 Å². The Hall–Kier alpha value is -2.68. The first kappa shape index (κ1) is 17.7. The number of nitrogens with zero attached hydrogens (tertiary/aromatic N) is 2. The lowest BCUT2D eigenvalue weighted by molar-refractivity contribution is -0.149. The molecule has 0 radical (unpaired) electrons. The normalized spacial score (nSPS) is 16.5. The summed E-state index contributed by atoms with van der Waals surface area (Å²) < 4.78 is 43.9. The number of aromatic nitrogens is 3. The van der Waals surface area contributed by atoms with Gasteiger partial charge in [-0.15, -0.1) is 0 Å². The number of aromatic amines is 1. The van der Waals surface area contributed by atoms with Crippen LogP contribution in [-0.2, 0) is 6.42 Å². The number of hydrogen-bond acceptors (Lipinski definition) is 5. The molecular weight excluding hydrogens is 383 g/mol. The smallest absolute Gasteiger partial charge is 0.411 e. The average molecular weight is 398 g/mol. The van der Waals surface area contributed by atoms with Gasteiger partial charge in [0, 0.05) is 23.6 Å². The van der Waals surface area contributed by atoms with Crippen molar-refractivity contribution >= 4 is 34.1 Å². The Morgan fingerprint density at radius 2 is 2.07 bits per heavy atom. The summed E-state index contributed by atoms with van der Waals surface area (Å²) in [5.41, 5.74) is 2.16. The Balaban J connectivity index is 1.49. The van der Waals surface area contributed by atoms with Gasteiger partial charge in [-0.25, -0.2) is 0 Å². The van der Waals surface area contributed by atoms with E-state index in [9.17, 15) is 13.2 Å². The molecule has 0 amide bonds. The van der Waals surface area contributed by atoms with Gasteiger partial charge in [-0.2, -0.15) is 23.1 Å². The van der Waals surface area contributed by atoms with E-state index in [0.717, 1.165) is 16.5 Å². The van der Waals surface area contributed by atoms with Gasteiger partial charge in [0.15, 0.2) is 17.7 Å². The average Bonchev–Trinajstić information content (AvgIpc) is 3.03. The third-order valence-corrected chi connectivity index (χ3v) is 4.47. The molecule has 2 aromatic heterocycles. The Morgan fingerprint density at radius 1 is 1.26 bits per heavy atom. The first-order chi connectivity index (χ1) is 12.9. The summed E-state index contributed by atoms with van der Waals surface area (Å²) in [6.07, 6.45) is -1.84. The van der Waals surface area contributed by atoms with Crippen LogP contribution >= 0.6 is 11.6 Å². The quantitative estimate of drug-likeness (QED) is 0.580. The van der Waals surface area contributed by atoms with Gasteiger partial charge in [0.05, 0.1) is 0 Å². The summed E-state index contributed by atoms with van der Waals surface area (Å²) in [5, 5.41) is 6.34. The maximum atomic E-state index is 12.9. The number of hydrogen-bond donors (Lipinski definition) is 3. The van der Waals surface area contributed by atoms with Gasteiger partial charge >= 0.3 is 6.18 Å². The Kier molecular flexibility index (Phi) is 4.47. The topological polar surface area (TPSA) is 74.9 Å². The van der Waals surface area contributed by atoms with E-state index >= 15 is 0 Å². The monoisotopic (exact) mass is 397 g/mol. The maximum Gasteiger partial charge on any atom is 0.411 e. The van der Waals surface area contributed by atoms with Crippen LogP contribution in [-0.4, -0.2) is 40.3 Å². The van der Waals surface area contributed by atoms with E-state index in [2.05, 4.69) is 25.6 Å². The number of halogens is 4. The van der Waals surface area contributed by atoms with Crippen molar-refractivity contribution < 1.29 is 17.9 Å². The first-order valence-corrected chi connectivity index (χ1v) is 8.62. The molecule has 10 heteroatoms. The predicted octanol–water partition coefficient (Wildman–Crippen LogP) is 4.00. The molecule has 142 valence electrons. The highest BCUT2D eigenvalue weighted by Gasteiger charge is 2.43. The molecule has 0 spiro atoms. The molecule has 4 rings (SSSR count). The lowest BCUT2D eigenvalue weighted by Crippen LogP contribution is -2.44. The van der Waals surface area contributed by atoms with Gasteiger partial charge in [-0.1, -0.05) is 18.2 Å². The fourth-order valence-corrected chi connectivity index (χ4v) is 3.15. The number of alkyl halides is 3. The molecule has 0 fully saturated rings. The zero-order valence-electron chi connectivity index (χ0n) is 13.9. The summed E-state index contributed by atoms with van der Waals surface area (Å²) in [6.45, 7) is -0.0632. The molecule has 0 aliphatic carbocycles. The lowest BCUT2D eigenvalue weighted by Gasteiger charge is -2.29. The van der Waals surface area contributed by atoms with Crippen LogP contribution in [0.1, 0.15) is 5.56 Å². The van der Waals surface area contributed by atoms with Crippen LogP contribution in [0.2, 0.25) is 5.28 Å². The number of rotatable bonds is 4.